The molecule has 0 radical (unpaired) electrons. The maximum absolute atomic E-state index is 10.9. The van der Waals surface area contributed by atoms with E-state index in [4.69, 9.17) is 4.74 Å². The lowest BCUT2D eigenvalue weighted by molar-refractivity contribution is 0.119. The lowest BCUT2D eigenvalue weighted by atomic mass is 9.88. The Balaban J connectivity index is 1.23. The summed E-state index contributed by atoms with van der Waals surface area (Å²) in [7, 11) is 0. The number of hydrogen-bond acceptors (Lipinski definition) is 3. The average molecular weight is 472 g/mol. The van der Waals surface area contributed by atoms with Gasteiger partial charge in [0, 0.05) is 13.1 Å². The number of aryl methyl sites for hydroxylation is 1. The molecule has 0 amide bonds. The molecule has 3 heteroatoms. The topological polar surface area (TPSA) is 32.7 Å². The molecule has 3 aromatic carbocycles. The van der Waals surface area contributed by atoms with Crippen molar-refractivity contribution in [1.29, 1.82) is 0 Å². The Labute approximate surface area is 211 Å². The van der Waals surface area contributed by atoms with Crippen LogP contribution in [0.25, 0.3) is 0 Å². The molecule has 35 heavy (non-hydrogen) atoms. The van der Waals surface area contributed by atoms with E-state index in [2.05, 4.69) is 68.1 Å². The number of unbranched alkanes of at least 4 members (excludes halogenated alkanes) is 1. The van der Waals surface area contributed by atoms with Crippen molar-refractivity contribution in [1.82, 2.24) is 4.90 Å². The zero-order chi connectivity index (χ0) is 24.7. The van der Waals surface area contributed by atoms with Crippen LogP contribution in [-0.2, 0) is 25.9 Å². The first-order valence-electron chi connectivity index (χ1n) is 13.1. The number of benzene rings is 3. The van der Waals surface area contributed by atoms with Gasteiger partial charge in [-0.05, 0) is 84.0 Å². The van der Waals surface area contributed by atoms with Crippen molar-refractivity contribution in [2.24, 2.45) is 5.41 Å². The number of β-amino-alcohol motifs (C(OH)–C–C–N with tert-alkyl or cyclic N) is 1. The molecular weight excluding hydrogens is 430 g/mol. The SMILES string of the molecule is CC(C)(C)Cc1ccc(CCCCN2CCc3cc(OCc4ccccc4)ccc3C(O)C2)cc1. The molecule has 1 N–H and O–H groups in total. The number of ether oxygens (including phenoxy) is 1. The van der Waals surface area contributed by atoms with Gasteiger partial charge in [-0.3, -0.25) is 0 Å². The fraction of sp³-hybridized carbons (Fsp3) is 0.438. The molecule has 3 aromatic rings. The summed E-state index contributed by atoms with van der Waals surface area (Å²) in [5.41, 5.74) is 6.60. The first-order chi connectivity index (χ1) is 16.9. The highest BCUT2D eigenvalue weighted by atomic mass is 16.5. The van der Waals surface area contributed by atoms with Crippen LogP contribution in [0.5, 0.6) is 5.75 Å². The predicted octanol–water partition coefficient (Wildman–Crippen LogP) is 6.77. The summed E-state index contributed by atoms with van der Waals surface area (Å²) in [5.74, 6) is 0.877. The van der Waals surface area contributed by atoms with Gasteiger partial charge in [-0.2, -0.15) is 0 Å². The Morgan fingerprint density at radius 1 is 0.886 bits per heavy atom. The van der Waals surface area contributed by atoms with Crippen LogP contribution < -0.4 is 4.74 Å². The number of aliphatic hydroxyl groups excluding tert-OH is 1. The Hall–Kier alpha value is -2.62. The van der Waals surface area contributed by atoms with Crippen LogP contribution >= 0.6 is 0 Å². The predicted molar refractivity (Wildman–Crippen MR) is 145 cm³/mol. The highest BCUT2D eigenvalue weighted by molar-refractivity contribution is 5.38. The third kappa shape index (κ3) is 7.95. The minimum absolute atomic E-state index is 0.329. The van der Waals surface area contributed by atoms with Crippen LogP contribution in [0.3, 0.4) is 0 Å². The van der Waals surface area contributed by atoms with Crippen molar-refractivity contribution in [2.45, 2.75) is 65.6 Å². The van der Waals surface area contributed by atoms with Crippen LogP contribution in [0.4, 0.5) is 0 Å². The fourth-order valence-corrected chi connectivity index (χ4v) is 4.97. The second kappa shape index (κ2) is 11.9. The zero-order valence-electron chi connectivity index (χ0n) is 21.7. The molecule has 4 rings (SSSR count). The summed E-state index contributed by atoms with van der Waals surface area (Å²) >= 11 is 0. The minimum Gasteiger partial charge on any atom is -0.489 e. The molecule has 1 atom stereocenters. The lowest BCUT2D eigenvalue weighted by Crippen LogP contribution is -2.29. The van der Waals surface area contributed by atoms with E-state index in [1.54, 1.807) is 0 Å². The monoisotopic (exact) mass is 471 g/mol. The van der Waals surface area contributed by atoms with E-state index < -0.39 is 6.10 Å². The second-order valence-corrected chi connectivity index (χ2v) is 11.2. The van der Waals surface area contributed by atoms with Gasteiger partial charge in [0.15, 0.2) is 0 Å². The third-order valence-electron chi connectivity index (χ3n) is 6.80. The Kier molecular flexibility index (Phi) is 8.64. The van der Waals surface area contributed by atoms with Crippen LogP contribution in [0.2, 0.25) is 0 Å². The molecule has 1 aliphatic heterocycles. The maximum Gasteiger partial charge on any atom is 0.120 e. The van der Waals surface area contributed by atoms with Gasteiger partial charge in [0.2, 0.25) is 0 Å². The van der Waals surface area contributed by atoms with E-state index in [1.807, 2.05) is 30.3 Å². The van der Waals surface area contributed by atoms with Crippen molar-refractivity contribution in [3.05, 3.63) is 101 Å². The molecule has 0 aromatic heterocycles. The van der Waals surface area contributed by atoms with Gasteiger partial charge in [-0.1, -0.05) is 81.4 Å². The molecule has 1 heterocycles. The highest BCUT2D eigenvalue weighted by Crippen LogP contribution is 2.28. The average Bonchev–Trinajstić information content (AvgIpc) is 2.99. The molecule has 0 aliphatic carbocycles. The number of aliphatic hydroxyl groups is 1. The Morgan fingerprint density at radius 3 is 2.37 bits per heavy atom. The van der Waals surface area contributed by atoms with Crippen molar-refractivity contribution >= 4 is 0 Å². The van der Waals surface area contributed by atoms with E-state index in [9.17, 15) is 5.11 Å². The van der Waals surface area contributed by atoms with Crippen LogP contribution in [-0.4, -0.2) is 29.6 Å². The summed E-state index contributed by atoms with van der Waals surface area (Å²) in [6.07, 6.45) is 5.08. The molecule has 1 unspecified atom stereocenters. The van der Waals surface area contributed by atoms with E-state index in [0.717, 1.165) is 55.6 Å². The normalized spacial score (nSPS) is 16.5. The summed E-state index contributed by atoms with van der Waals surface area (Å²) in [5, 5.41) is 10.9. The summed E-state index contributed by atoms with van der Waals surface area (Å²) in [6.45, 7) is 10.2. The van der Waals surface area contributed by atoms with Gasteiger partial charge in [0.1, 0.15) is 12.4 Å². The number of rotatable bonds is 9. The van der Waals surface area contributed by atoms with Gasteiger partial charge >= 0.3 is 0 Å². The van der Waals surface area contributed by atoms with E-state index in [0.29, 0.717) is 18.6 Å². The zero-order valence-corrected chi connectivity index (χ0v) is 21.7. The van der Waals surface area contributed by atoms with Crippen LogP contribution in [0.1, 0.15) is 67.5 Å². The van der Waals surface area contributed by atoms with Crippen molar-refractivity contribution in [2.75, 3.05) is 19.6 Å². The lowest BCUT2D eigenvalue weighted by Gasteiger charge is -2.22. The minimum atomic E-state index is -0.439. The molecule has 3 nitrogen and oxygen atoms in total. The van der Waals surface area contributed by atoms with Gasteiger partial charge < -0.3 is 14.7 Å². The molecule has 0 fully saturated rings. The van der Waals surface area contributed by atoms with E-state index in [-0.39, 0.29) is 0 Å². The number of fused-ring (bicyclic) bond motifs is 1. The summed E-state index contributed by atoms with van der Waals surface area (Å²) in [4.78, 5) is 2.42. The van der Waals surface area contributed by atoms with Crippen LogP contribution in [0.15, 0.2) is 72.8 Å². The second-order valence-electron chi connectivity index (χ2n) is 11.2. The van der Waals surface area contributed by atoms with Gasteiger partial charge in [0.25, 0.3) is 0 Å². The molecule has 0 bridgehead atoms. The first kappa shape index (κ1) is 25.5. The van der Waals surface area contributed by atoms with Gasteiger partial charge in [-0.15, -0.1) is 0 Å². The van der Waals surface area contributed by atoms with Crippen molar-refractivity contribution in [3.63, 3.8) is 0 Å². The molecule has 0 spiro atoms. The van der Waals surface area contributed by atoms with Gasteiger partial charge in [-0.25, -0.2) is 0 Å². The van der Waals surface area contributed by atoms with Crippen LogP contribution in [0, 0.1) is 5.41 Å². The largest absolute Gasteiger partial charge is 0.489 e. The maximum atomic E-state index is 10.9. The first-order valence-corrected chi connectivity index (χ1v) is 13.1. The number of hydrogen-bond donors (Lipinski definition) is 1. The molecular formula is C32H41NO2. The molecule has 1 aliphatic rings. The quantitative estimate of drug-likeness (QED) is 0.350. The van der Waals surface area contributed by atoms with Gasteiger partial charge in [0.05, 0.1) is 6.10 Å². The summed E-state index contributed by atoms with van der Waals surface area (Å²) < 4.78 is 6.02. The number of nitrogens with zero attached hydrogens (tertiary/aromatic N) is 1. The van der Waals surface area contributed by atoms with Crippen molar-refractivity contribution < 1.29 is 9.84 Å². The Morgan fingerprint density at radius 2 is 1.63 bits per heavy atom. The summed E-state index contributed by atoms with van der Waals surface area (Å²) in [6, 6.07) is 25.6. The molecule has 0 saturated heterocycles. The van der Waals surface area contributed by atoms with E-state index >= 15 is 0 Å². The smallest absolute Gasteiger partial charge is 0.120 e. The third-order valence-corrected chi connectivity index (χ3v) is 6.80. The molecule has 186 valence electrons. The standard InChI is InChI=1S/C32H41NO2/c1-32(2,3)22-26-14-12-25(13-15-26)9-7-8-19-33-20-18-28-21-29(16-17-30(28)31(34)23-33)35-24-27-10-5-4-6-11-27/h4-6,10-17,21,31,34H,7-9,18-20,22-24H2,1-3H3. The fourth-order valence-electron chi connectivity index (χ4n) is 4.97. The Bertz CT molecular complexity index is 1050. The molecule has 0 saturated carbocycles. The highest BCUT2D eigenvalue weighted by Gasteiger charge is 2.21. The van der Waals surface area contributed by atoms with E-state index in [1.165, 1.54) is 23.1 Å². The van der Waals surface area contributed by atoms with Crippen molar-refractivity contribution in [3.8, 4) is 5.75 Å².